The van der Waals surface area contributed by atoms with Gasteiger partial charge >= 0.3 is 6.09 Å². The first-order chi connectivity index (χ1) is 29.6. The summed E-state index contributed by atoms with van der Waals surface area (Å²) in [6, 6.07) is -5.09. The van der Waals surface area contributed by atoms with Crippen LogP contribution >= 0.6 is 12.4 Å². The molecule has 0 bridgehead atoms. The molecule has 372 valence electrons. The molecule has 18 nitrogen and oxygen atoms in total. The van der Waals surface area contributed by atoms with Gasteiger partial charge in [0.05, 0.1) is 18.1 Å². The van der Waals surface area contributed by atoms with Crippen LogP contribution in [0.3, 0.4) is 0 Å². The lowest BCUT2D eigenvalue weighted by atomic mass is 9.85. The van der Waals surface area contributed by atoms with Crippen molar-refractivity contribution in [3.05, 3.63) is 0 Å². The number of likely N-dealkylation sites (tertiary alicyclic amines) is 2. The van der Waals surface area contributed by atoms with Gasteiger partial charge in [0.25, 0.3) is 11.8 Å². The number of alkyl carbamates (subject to hydrolysis) is 1. The lowest BCUT2D eigenvalue weighted by molar-refractivity contribution is -0.145. The van der Waals surface area contributed by atoms with E-state index in [1.165, 1.54) is 4.90 Å². The first-order valence-corrected chi connectivity index (χ1v) is 23.2. The molecule has 0 spiro atoms. The minimum Gasteiger partial charge on any atom is -0.444 e. The Balaban J connectivity index is 0.000000290. The third-order valence-corrected chi connectivity index (χ3v) is 14.8. The number of hydrogen-bond donors (Lipinski definition) is 6. The number of Topliss-reactive ketones (excluding diaryl/α,β-unsaturated/α-hetero) is 2. The van der Waals surface area contributed by atoms with Gasteiger partial charge in [-0.15, -0.1) is 12.4 Å². The van der Waals surface area contributed by atoms with Crippen LogP contribution in [0.1, 0.15) is 129 Å². The van der Waals surface area contributed by atoms with Crippen LogP contribution in [0, 0.1) is 57.2 Å². The molecule has 2 heterocycles. The van der Waals surface area contributed by atoms with Crippen molar-refractivity contribution in [3.8, 4) is 0 Å². The first-order valence-electron chi connectivity index (χ1n) is 23.2. The molecule has 66 heavy (non-hydrogen) atoms. The van der Waals surface area contributed by atoms with Crippen molar-refractivity contribution in [2.24, 2.45) is 74.4 Å². The quantitative estimate of drug-likeness (QED) is 0.130. The number of nitrogens with one attached hydrogen (secondary N) is 3. The number of amides is 7. The van der Waals surface area contributed by atoms with Crippen LogP contribution in [0.25, 0.3) is 0 Å². The predicted molar refractivity (Wildman–Crippen MR) is 247 cm³/mol. The summed E-state index contributed by atoms with van der Waals surface area (Å²) in [7, 11) is 0. The minimum absolute atomic E-state index is 0. The smallest absolute Gasteiger partial charge is 0.408 e. The van der Waals surface area contributed by atoms with E-state index < -0.39 is 94.0 Å². The van der Waals surface area contributed by atoms with Gasteiger partial charge in [-0.25, -0.2) is 4.79 Å². The number of fused-ring (bicyclic) bond motifs is 2. The normalized spacial score (nSPS) is 27.4. The van der Waals surface area contributed by atoms with E-state index in [0.717, 1.165) is 25.7 Å². The van der Waals surface area contributed by atoms with Gasteiger partial charge in [-0.1, -0.05) is 94.9 Å². The van der Waals surface area contributed by atoms with Crippen LogP contribution in [0.2, 0.25) is 0 Å². The summed E-state index contributed by atoms with van der Waals surface area (Å²) in [4.78, 5) is 117. The molecule has 10 atom stereocenters. The third-order valence-electron chi connectivity index (χ3n) is 14.8. The molecule has 6 aliphatic rings. The number of halogens is 1. The number of carbonyl (C=O) groups is 9. The minimum atomic E-state index is -1.08. The lowest BCUT2D eigenvalue weighted by Gasteiger charge is -2.38. The molecule has 0 aromatic rings. The molecule has 2 saturated heterocycles. The zero-order valence-corrected chi connectivity index (χ0v) is 42.0. The van der Waals surface area contributed by atoms with Crippen molar-refractivity contribution in [3.63, 3.8) is 0 Å². The van der Waals surface area contributed by atoms with Crippen molar-refractivity contribution >= 4 is 65.5 Å². The number of nitrogens with zero attached hydrogens (tertiary/aromatic N) is 2. The van der Waals surface area contributed by atoms with E-state index in [0.29, 0.717) is 31.8 Å². The van der Waals surface area contributed by atoms with Crippen molar-refractivity contribution in [1.29, 1.82) is 0 Å². The Kier molecular flexibility index (Phi) is 15.6. The third kappa shape index (κ3) is 12.0. The maximum absolute atomic E-state index is 13.8. The molecule has 6 fully saturated rings. The van der Waals surface area contributed by atoms with E-state index in [1.54, 1.807) is 25.7 Å². The second kappa shape index (κ2) is 19.0. The van der Waals surface area contributed by atoms with E-state index in [2.05, 4.69) is 43.6 Å². The summed E-state index contributed by atoms with van der Waals surface area (Å²) in [6.45, 7) is 25.5. The van der Waals surface area contributed by atoms with E-state index in [4.69, 9.17) is 21.9 Å². The molecule has 2 aliphatic heterocycles. The highest BCUT2D eigenvalue weighted by Crippen LogP contribution is 2.66. The molecule has 6 rings (SSSR count). The summed E-state index contributed by atoms with van der Waals surface area (Å²) in [6.07, 6.45) is 3.89. The summed E-state index contributed by atoms with van der Waals surface area (Å²) < 4.78 is 5.38. The largest absolute Gasteiger partial charge is 0.444 e. The number of ketones is 2. The standard InChI is InChI=1S/C26H42N4O6.C21H34N4O4.ClH/c1-24(2,3)19(29-23(35)36-25(4,5)6)22(34)30-12-14-16(26(14,7)8)17(30)21(33)28-15(11-13-9-10-13)18(31)20(27)32;1-20(2,3)16(22)19(29)25-9-11-13(21(11,4)5)14(25)18(28)24-12(8-10-6-7-10)15(26)17(23)27;/h13-17,19H,9-12H2,1-8H3,(H2,27,32)(H,28,33)(H,29,35);10-14,16H,6-9,22H2,1-5H3,(H2,23,27)(H,24,28);1H/t14?,15?,16-,17?,19+;11?,12?,13-,14?,16+;/m00./s1. The highest BCUT2D eigenvalue weighted by atomic mass is 35.5. The van der Waals surface area contributed by atoms with Crippen LogP contribution in [0.4, 0.5) is 4.79 Å². The van der Waals surface area contributed by atoms with Gasteiger partial charge in [-0.3, -0.25) is 38.4 Å². The second-order valence-corrected chi connectivity index (χ2v) is 24.0. The molecule has 0 radical (unpaired) electrons. The molecular formula is C47H77ClN8O10. The average Bonchev–Trinajstić information content (AvgIpc) is 4.14. The van der Waals surface area contributed by atoms with Gasteiger partial charge in [0, 0.05) is 13.1 Å². The van der Waals surface area contributed by atoms with E-state index in [-0.39, 0.29) is 64.6 Å². The molecule has 4 saturated carbocycles. The molecule has 0 aromatic carbocycles. The topological polar surface area (TPSA) is 283 Å². The van der Waals surface area contributed by atoms with Crippen LogP contribution in [0.15, 0.2) is 0 Å². The van der Waals surface area contributed by atoms with Gasteiger partial charge in [0.15, 0.2) is 0 Å². The maximum Gasteiger partial charge on any atom is 0.408 e. The molecule has 19 heteroatoms. The highest BCUT2D eigenvalue weighted by Gasteiger charge is 2.71. The van der Waals surface area contributed by atoms with Gasteiger partial charge in [-0.05, 0) is 90.8 Å². The van der Waals surface area contributed by atoms with Crippen LogP contribution in [-0.2, 0) is 43.1 Å². The fourth-order valence-corrected chi connectivity index (χ4v) is 10.1. The number of rotatable bonds is 15. The average molecular weight is 950 g/mol. The van der Waals surface area contributed by atoms with Crippen LogP contribution in [0.5, 0.6) is 0 Å². The molecular weight excluding hydrogens is 872 g/mol. The Labute approximate surface area is 395 Å². The maximum atomic E-state index is 13.8. The molecule has 0 aromatic heterocycles. The van der Waals surface area contributed by atoms with Crippen molar-refractivity contribution in [1.82, 2.24) is 25.8 Å². The van der Waals surface area contributed by atoms with Gasteiger partial charge < -0.3 is 47.7 Å². The van der Waals surface area contributed by atoms with E-state index in [9.17, 15) is 43.2 Å². The van der Waals surface area contributed by atoms with Gasteiger partial charge in [0.2, 0.25) is 35.2 Å². The number of hydrogen-bond acceptors (Lipinski definition) is 11. The highest BCUT2D eigenvalue weighted by molar-refractivity contribution is 6.38. The van der Waals surface area contributed by atoms with Gasteiger partial charge in [0.1, 0.15) is 23.7 Å². The summed E-state index contributed by atoms with van der Waals surface area (Å²) >= 11 is 0. The number of piperidine rings is 2. The number of primary amides is 2. The number of nitrogens with two attached hydrogens (primary N) is 3. The van der Waals surface area contributed by atoms with E-state index >= 15 is 0 Å². The Morgan fingerprint density at radius 2 is 0.970 bits per heavy atom. The fourth-order valence-electron chi connectivity index (χ4n) is 10.1. The monoisotopic (exact) mass is 949 g/mol. The second-order valence-electron chi connectivity index (χ2n) is 24.0. The Morgan fingerprint density at radius 1 is 0.606 bits per heavy atom. The summed E-state index contributed by atoms with van der Waals surface area (Å²) in [5, 5.41) is 8.20. The van der Waals surface area contributed by atoms with Crippen molar-refractivity contribution in [2.75, 3.05) is 13.1 Å². The van der Waals surface area contributed by atoms with Crippen LogP contribution in [-0.4, -0.2) is 118 Å². The molecule has 4 aliphatic carbocycles. The SMILES string of the molecule is CC(C)(C)OC(=O)N[C@H](C(=O)N1CC2[C@@H](C1C(=O)NC(CC1CC1)C(=O)C(N)=O)C2(C)C)C(C)(C)C.CC(C)(C)[C@H](N)C(=O)N1CC2[C@@H](C1C(=O)NC(CC1CC1)C(=O)C(N)=O)C2(C)C.Cl. The number of ether oxygens (including phenoxy) is 1. The Hall–Kier alpha value is -4.32. The molecule has 9 N–H and O–H groups in total. The molecule has 7 amide bonds. The number of carbonyl (C=O) groups excluding carboxylic acids is 9. The fraction of sp³-hybridized carbons (Fsp3) is 0.809. The Bertz CT molecular complexity index is 1960. The Morgan fingerprint density at radius 3 is 1.27 bits per heavy atom. The van der Waals surface area contributed by atoms with Crippen molar-refractivity contribution in [2.45, 2.75) is 170 Å². The first kappa shape index (κ1) is 54.3. The zero-order chi connectivity index (χ0) is 49.3. The summed E-state index contributed by atoms with van der Waals surface area (Å²) in [5.41, 5.74) is 14.6. The predicted octanol–water partition coefficient (Wildman–Crippen LogP) is 2.35. The van der Waals surface area contributed by atoms with Crippen molar-refractivity contribution < 1.29 is 47.9 Å². The van der Waals surface area contributed by atoms with Crippen LogP contribution < -0.4 is 33.2 Å². The lowest BCUT2D eigenvalue weighted by Crippen LogP contribution is -2.60. The molecule has 6 unspecified atom stereocenters. The van der Waals surface area contributed by atoms with E-state index in [1.807, 2.05) is 41.5 Å². The summed E-state index contributed by atoms with van der Waals surface area (Å²) in [5.74, 6) is -4.35. The van der Waals surface area contributed by atoms with Gasteiger partial charge in [-0.2, -0.15) is 0 Å². The zero-order valence-electron chi connectivity index (χ0n) is 41.2.